The summed E-state index contributed by atoms with van der Waals surface area (Å²) >= 11 is 0. The number of furan rings is 1. The molecule has 0 radical (unpaired) electrons. The number of rotatable bonds is 3. The van der Waals surface area contributed by atoms with Gasteiger partial charge in [0.2, 0.25) is 0 Å². The Morgan fingerprint density at radius 3 is 2.80 bits per heavy atom. The van der Waals surface area contributed by atoms with Crippen molar-refractivity contribution >= 4 is 5.88 Å². The largest absolute Gasteiger partial charge is 0.446 e. The summed E-state index contributed by atoms with van der Waals surface area (Å²) in [6.45, 7) is 2.65. The van der Waals surface area contributed by atoms with Gasteiger partial charge in [-0.2, -0.15) is 0 Å². The summed E-state index contributed by atoms with van der Waals surface area (Å²) in [4.78, 5) is 0. The summed E-state index contributed by atoms with van der Waals surface area (Å²) in [5, 5.41) is 5.99. The van der Waals surface area contributed by atoms with Crippen LogP contribution in [0, 0.1) is 6.92 Å². The molecule has 0 aromatic carbocycles. The second kappa shape index (κ2) is 3.27. The summed E-state index contributed by atoms with van der Waals surface area (Å²) in [7, 11) is 1.88. The lowest BCUT2D eigenvalue weighted by molar-refractivity contribution is 0.544. The van der Waals surface area contributed by atoms with Crippen molar-refractivity contribution in [2.75, 3.05) is 19.0 Å². The van der Waals surface area contributed by atoms with Crippen LogP contribution in [0.1, 0.15) is 5.76 Å². The molecule has 2 N–H and O–H groups in total. The average Bonchev–Trinajstić information content (AvgIpc) is 2.31. The van der Waals surface area contributed by atoms with E-state index in [1.54, 1.807) is 0 Å². The molecule has 3 heteroatoms. The lowest BCUT2D eigenvalue weighted by Crippen LogP contribution is -2.16. The lowest BCUT2D eigenvalue weighted by Gasteiger charge is -1.98. The highest BCUT2D eigenvalue weighted by molar-refractivity contribution is 5.31. The van der Waals surface area contributed by atoms with Gasteiger partial charge in [0.15, 0.2) is 5.88 Å². The summed E-state index contributed by atoms with van der Waals surface area (Å²) in [5.41, 5.74) is 0. The van der Waals surface area contributed by atoms with Gasteiger partial charge >= 0.3 is 0 Å². The van der Waals surface area contributed by atoms with Crippen molar-refractivity contribution < 1.29 is 4.42 Å². The highest BCUT2D eigenvalue weighted by Gasteiger charge is 1.93. The minimum atomic E-state index is 0.729. The molecule has 1 rings (SSSR count). The van der Waals surface area contributed by atoms with Crippen molar-refractivity contribution in [1.82, 2.24) is 5.32 Å². The summed E-state index contributed by atoms with van der Waals surface area (Å²) in [6.07, 6.45) is 0. The molecule has 0 saturated heterocycles. The highest BCUT2D eigenvalue weighted by atomic mass is 16.4. The summed E-state index contributed by atoms with van der Waals surface area (Å²) < 4.78 is 5.23. The van der Waals surface area contributed by atoms with E-state index < -0.39 is 0 Å². The number of anilines is 1. The zero-order valence-corrected chi connectivity index (χ0v) is 6.27. The summed E-state index contributed by atoms with van der Waals surface area (Å²) in [5.74, 6) is 1.74. The molecule has 56 valence electrons. The summed E-state index contributed by atoms with van der Waals surface area (Å²) in [6, 6.07) is 3.84. The third kappa shape index (κ3) is 1.77. The second-order valence-corrected chi connectivity index (χ2v) is 2.12. The predicted molar refractivity (Wildman–Crippen MR) is 41.0 cm³/mol. The molecular formula is C7H12N2O. The number of hydrogen-bond donors (Lipinski definition) is 2. The number of nitrogens with one attached hydrogen (secondary N) is 2. The molecule has 0 aliphatic carbocycles. The molecule has 0 unspecified atom stereocenters. The molecule has 0 fully saturated rings. The Balaban J connectivity index is 2.42. The van der Waals surface area contributed by atoms with E-state index in [2.05, 4.69) is 10.6 Å². The van der Waals surface area contributed by atoms with E-state index in [-0.39, 0.29) is 0 Å². The molecule has 0 aliphatic heterocycles. The molecule has 0 saturated carbocycles. The van der Waals surface area contributed by atoms with E-state index in [1.807, 2.05) is 26.1 Å². The third-order valence-electron chi connectivity index (χ3n) is 1.18. The van der Waals surface area contributed by atoms with E-state index >= 15 is 0 Å². The van der Waals surface area contributed by atoms with Gasteiger partial charge in [-0.15, -0.1) is 0 Å². The van der Waals surface area contributed by atoms with Crippen LogP contribution < -0.4 is 10.6 Å². The van der Waals surface area contributed by atoms with Crippen LogP contribution in [0.4, 0.5) is 5.88 Å². The van der Waals surface area contributed by atoms with Crippen molar-refractivity contribution in [3.05, 3.63) is 17.9 Å². The first kappa shape index (κ1) is 7.15. The van der Waals surface area contributed by atoms with Crippen LogP contribution in [0.25, 0.3) is 0 Å². The van der Waals surface area contributed by atoms with Crippen LogP contribution in [0.15, 0.2) is 16.5 Å². The Morgan fingerprint density at radius 2 is 2.30 bits per heavy atom. The van der Waals surface area contributed by atoms with Crippen LogP contribution in [-0.4, -0.2) is 13.7 Å². The maximum Gasteiger partial charge on any atom is 0.194 e. The minimum absolute atomic E-state index is 0.729. The van der Waals surface area contributed by atoms with Crippen LogP contribution in [0.3, 0.4) is 0 Å². The van der Waals surface area contributed by atoms with E-state index in [0.29, 0.717) is 0 Å². The molecule has 0 aliphatic rings. The molecule has 0 spiro atoms. The maximum absolute atomic E-state index is 5.23. The fourth-order valence-electron chi connectivity index (χ4n) is 0.705. The minimum Gasteiger partial charge on any atom is -0.446 e. The Bertz CT molecular complexity index is 195. The molecule has 3 nitrogen and oxygen atoms in total. The smallest absolute Gasteiger partial charge is 0.194 e. The van der Waals surface area contributed by atoms with Gasteiger partial charge in [0.05, 0.1) is 6.67 Å². The first-order valence-corrected chi connectivity index (χ1v) is 3.28. The SMILES string of the molecule is CNCNc1ccc(C)o1. The van der Waals surface area contributed by atoms with E-state index in [1.165, 1.54) is 0 Å². The van der Waals surface area contributed by atoms with Crippen LogP contribution in [-0.2, 0) is 0 Å². The van der Waals surface area contributed by atoms with Gasteiger partial charge in [-0.1, -0.05) is 0 Å². The maximum atomic E-state index is 5.23. The topological polar surface area (TPSA) is 37.2 Å². The standard InChI is InChI=1S/C7H12N2O/c1-6-3-4-7(10-6)9-5-8-2/h3-4,8-9H,5H2,1-2H3. The van der Waals surface area contributed by atoms with Crippen molar-refractivity contribution in [3.8, 4) is 0 Å². The predicted octanol–water partition coefficient (Wildman–Crippen LogP) is 1.18. The van der Waals surface area contributed by atoms with Crippen molar-refractivity contribution in [2.45, 2.75) is 6.92 Å². The van der Waals surface area contributed by atoms with Crippen molar-refractivity contribution in [3.63, 3.8) is 0 Å². The second-order valence-electron chi connectivity index (χ2n) is 2.12. The fraction of sp³-hybridized carbons (Fsp3) is 0.429. The zero-order chi connectivity index (χ0) is 7.40. The van der Waals surface area contributed by atoms with Crippen molar-refractivity contribution in [2.24, 2.45) is 0 Å². The van der Waals surface area contributed by atoms with Gasteiger partial charge in [-0.3, -0.25) is 0 Å². The van der Waals surface area contributed by atoms with Gasteiger partial charge in [0.1, 0.15) is 5.76 Å². The Labute approximate surface area is 60.4 Å². The molecular weight excluding hydrogens is 128 g/mol. The van der Waals surface area contributed by atoms with Crippen LogP contribution in [0.5, 0.6) is 0 Å². The Kier molecular flexibility index (Phi) is 2.34. The number of aryl methyl sites for hydroxylation is 1. The molecule has 1 aromatic heterocycles. The molecule has 0 atom stereocenters. The quantitative estimate of drug-likeness (QED) is 0.619. The zero-order valence-electron chi connectivity index (χ0n) is 6.27. The monoisotopic (exact) mass is 140 g/mol. The van der Waals surface area contributed by atoms with Gasteiger partial charge in [-0.05, 0) is 20.0 Å². The molecule has 10 heavy (non-hydrogen) atoms. The normalized spacial score (nSPS) is 9.80. The third-order valence-corrected chi connectivity index (χ3v) is 1.18. The highest BCUT2D eigenvalue weighted by Crippen LogP contribution is 2.10. The van der Waals surface area contributed by atoms with Gasteiger partial charge in [0.25, 0.3) is 0 Å². The lowest BCUT2D eigenvalue weighted by atomic mass is 10.5. The molecule has 1 heterocycles. The molecule has 0 bridgehead atoms. The van der Waals surface area contributed by atoms with Crippen LogP contribution >= 0.6 is 0 Å². The van der Waals surface area contributed by atoms with E-state index in [0.717, 1.165) is 18.3 Å². The number of hydrogen-bond acceptors (Lipinski definition) is 3. The first-order chi connectivity index (χ1) is 4.83. The van der Waals surface area contributed by atoms with Crippen molar-refractivity contribution in [1.29, 1.82) is 0 Å². The fourth-order valence-corrected chi connectivity index (χ4v) is 0.705. The van der Waals surface area contributed by atoms with E-state index in [4.69, 9.17) is 4.42 Å². The Morgan fingerprint density at radius 1 is 1.50 bits per heavy atom. The van der Waals surface area contributed by atoms with Gasteiger partial charge < -0.3 is 15.1 Å². The van der Waals surface area contributed by atoms with E-state index in [9.17, 15) is 0 Å². The molecule has 0 amide bonds. The van der Waals surface area contributed by atoms with Gasteiger partial charge in [0, 0.05) is 6.07 Å². The average molecular weight is 140 g/mol. The van der Waals surface area contributed by atoms with Gasteiger partial charge in [-0.25, -0.2) is 0 Å². The first-order valence-electron chi connectivity index (χ1n) is 3.28. The molecule has 1 aromatic rings. The Hall–Kier alpha value is -0.960. The van der Waals surface area contributed by atoms with Crippen LogP contribution in [0.2, 0.25) is 0 Å².